The largest absolute Gasteiger partial charge is 0.497 e. The first-order valence-corrected chi connectivity index (χ1v) is 10.8. The van der Waals surface area contributed by atoms with E-state index in [9.17, 15) is 13.2 Å². The minimum absolute atomic E-state index is 0.137. The van der Waals surface area contributed by atoms with Gasteiger partial charge in [-0.3, -0.25) is 4.79 Å². The van der Waals surface area contributed by atoms with Gasteiger partial charge in [0, 0.05) is 6.42 Å². The summed E-state index contributed by atoms with van der Waals surface area (Å²) < 4.78 is 30.8. The van der Waals surface area contributed by atoms with Crippen molar-refractivity contribution in [3.63, 3.8) is 0 Å². The molecular weight excluding hydrogens is 384 g/mol. The van der Waals surface area contributed by atoms with E-state index in [0.717, 1.165) is 21.3 Å². The summed E-state index contributed by atoms with van der Waals surface area (Å²) in [5, 5.41) is 3.18. The van der Waals surface area contributed by atoms with Gasteiger partial charge in [0.15, 0.2) is 15.0 Å². The molecule has 27 heavy (non-hydrogen) atoms. The summed E-state index contributed by atoms with van der Waals surface area (Å²) in [6.07, 6.45) is -0.137. The van der Waals surface area contributed by atoms with Crippen LogP contribution in [0.2, 0.25) is 0 Å². The van der Waals surface area contributed by atoms with E-state index in [2.05, 4.69) is 10.3 Å². The highest BCUT2D eigenvalue weighted by Crippen LogP contribution is 2.29. The number of aryl methyl sites for hydroxylation is 2. The van der Waals surface area contributed by atoms with Crippen LogP contribution >= 0.6 is 11.3 Å². The molecule has 6 nitrogen and oxygen atoms in total. The summed E-state index contributed by atoms with van der Waals surface area (Å²) in [5.41, 5.74) is 3.07. The number of benzene rings is 2. The minimum Gasteiger partial charge on any atom is -0.497 e. The molecule has 1 N–H and O–H groups in total. The number of nitrogens with one attached hydrogen (secondary N) is 1. The van der Waals surface area contributed by atoms with Gasteiger partial charge in [0.25, 0.3) is 0 Å². The number of rotatable bonds is 6. The Bertz CT molecular complexity index is 1090. The third-order valence-corrected chi connectivity index (χ3v) is 7.02. The van der Waals surface area contributed by atoms with Crippen molar-refractivity contribution in [3.8, 4) is 5.75 Å². The van der Waals surface area contributed by atoms with Crippen LogP contribution < -0.4 is 10.1 Å². The quantitative estimate of drug-likeness (QED) is 0.677. The van der Waals surface area contributed by atoms with Gasteiger partial charge in [-0.2, -0.15) is 0 Å². The molecule has 0 fully saturated rings. The number of amides is 1. The Morgan fingerprint density at radius 3 is 2.52 bits per heavy atom. The number of carbonyl (C=O) groups is 1. The van der Waals surface area contributed by atoms with Crippen molar-refractivity contribution in [2.75, 3.05) is 18.2 Å². The minimum atomic E-state index is -3.54. The van der Waals surface area contributed by atoms with Gasteiger partial charge in [0.05, 0.1) is 28.0 Å². The fourth-order valence-electron chi connectivity index (χ4n) is 2.59. The Labute approximate surface area is 162 Å². The second kappa shape index (κ2) is 7.66. The van der Waals surface area contributed by atoms with Gasteiger partial charge in [-0.25, -0.2) is 13.4 Å². The van der Waals surface area contributed by atoms with E-state index in [4.69, 9.17) is 4.74 Å². The van der Waals surface area contributed by atoms with Gasteiger partial charge in [0.2, 0.25) is 5.91 Å². The van der Waals surface area contributed by atoms with Crippen molar-refractivity contribution in [2.45, 2.75) is 25.2 Å². The maximum Gasteiger partial charge on any atom is 0.227 e. The van der Waals surface area contributed by atoms with Gasteiger partial charge in [-0.15, -0.1) is 0 Å². The van der Waals surface area contributed by atoms with Crippen molar-refractivity contribution < 1.29 is 17.9 Å². The summed E-state index contributed by atoms with van der Waals surface area (Å²) in [5.74, 6) is -0.0673. The maximum atomic E-state index is 12.4. The van der Waals surface area contributed by atoms with E-state index < -0.39 is 9.84 Å². The monoisotopic (exact) mass is 404 g/mol. The number of ether oxygens (including phenoxy) is 1. The molecule has 1 amide bonds. The van der Waals surface area contributed by atoms with Crippen LogP contribution in [0.25, 0.3) is 10.2 Å². The first kappa shape index (κ1) is 19.3. The van der Waals surface area contributed by atoms with E-state index in [1.807, 2.05) is 26.0 Å². The van der Waals surface area contributed by atoms with Crippen LogP contribution in [0.4, 0.5) is 5.13 Å². The van der Waals surface area contributed by atoms with Crippen LogP contribution in [-0.2, 0) is 14.6 Å². The van der Waals surface area contributed by atoms with Crippen LogP contribution in [0.3, 0.4) is 0 Å². The molecule has 0 radical (unpaired) electrons. The van der Waals surface area contributed by atoms with E-state index in [-0.39, 0.29) is 23.0 Å². The lowest BCUT2D eigenvalue weighted by molar-refractivity contribution is -0.115. The third-order valence-electron chi connectivity index (χ3n) is 4.35. The molecule has 0 aliphatic heterocycles. The molecule has 1 aromatic heterocycles. The number of sulfone groups is 1. The molecule has 142 valence electrons. The Hall–Kier alpha value is -2.45. The van der Waals surface area contributed by atoms with Crippen LogP contribution in [0.1, 0.15) is 17.5 Å². The number of hydrogen-bond acceptors (Lipinski definition) is 6. The van der Waals surface area contributed by atoms with Gasteiger partial charge in [0.1, 0.15) is 5.75 Å². The molecule has 1 heterocycles. The molecule has 0 aliphatic carbocycles. The van der Waals surface area contributed by atoms with Gasteiger partial charge >= 0.3 is 0 Å². The molecule has 0 unspecified atom stereocenters. The number of methoxy groups -OCH3 is 1. The summed E-state index contributed by atoms with van der Waals surface area (Å²) in [6, 6.07) is 10.1. The number of fused-ring (bicyclic) bond motifs is 1. The van der Waals surface area contributed by atoms with E-state index >= 15 is 0 Å². The average Bonchev–Trinajstić information content (AvgIpc) is 3.06. The molecule has 2 aromatic carbocycles. The molecule has 0 saturated carbocycles. The van der Waals surface area contributed by atoms with Crippen LogP contribution in [0, 0.1) is 13.8 Å². The van der Waals surface area contributed by atoms with Crippen molar-refractivity contribution in [3.05, 3.63) is 47.5 Å². The first-order chi connectivity index (χ1) is 12.8. The van der Waals surface area contributed by atoms with Crippen LogP contribution in [0.15, 0.2) is 41.3 Å². The van der Waals surface area contributed by atoms with E-state index in [1.165, 1.54) is 30.6 Å². The zero-order valence-corrected chi connectivity index (χ0v) is 16.9. The lowest BCUT2D eigenvalue weighted by Gasteiger charge is -2.06. The fraction of sp³-hybridized carbons (Fsp3) is 0.263. The molecule has 0 saturated heterocycles. The number of thiazole rings is 1. The Morgan fingerprint density at radius 1 is 1.15 bits per heavy atom. The molecule has 0 spiro atoms. The van der Waals surface area contributed by atoms with Crippen LogP contribution in [0.5, 0.6) is 5.75 Å². The second-order valence-corrected chi connectivity index (χ2v) is 9.31. The number of anilines is 1. The van der Waals surface area contributed by atoms with Crippen molar-refractivity contribution in [1.82, 2.24) is 4.98 Å². The highest BCUT2D eigenvalue weighted by atomic mass is 32.2. The highest BCUT2D eigenvalue weighted by molar-refractivity contribution is 7.91. The van der Waals surface area contributed by atoms with Crippen molar-refractivity contribution in [1.29, 1.82) is 0 Å². The standard InChI is InChI=1S/C19H20N2O4S2/c1-12-4-9-16-18(13(12)2)21-19(26-16)20-17(22)10-11-27(23,24)15-7-5-14(25-3)6-8-15/h4-9H,10-11H2,1-3H3,(H,20,21,22). The summed E-state index contributed by atoms with van der Waals surface area (Å²) >= 11 is 1.38. The molecule has 8 heteroatoms. The number of nitrogens with zero attached hydrogens (tertiary/aromatic N) is 1. The smallest absolute Gasteiger partial charge is 0.227 e. The topological polar surface area (TPSA) is 85.4 Å². The van der Waals surface area contributed by atoms with E-state index in [1.54, 1.807) is 12.1 Å². The van der Waals surface area contributed by atoms with Crippen molar-refractivity contribution >= 4 is 42.4 Å². The summed E-state index contributed by atoms with van der Waals surface area (Å²) in [7, 11) is -2.03. The zero-order chi connectivity index (χ0) is 19.6. The Balaban J connectivity index is 1.66. The molecule has 3 rings (SSSR count). The van der Waals surface area contributed by atoms with Crippen LogP contribution in [-0.4, -0.2) is 32.2 Å². The second-order valence-electron chi connectivity index (χ2n) is 6.17. The van der Waals surface area contributed by atoms with Gasteiger partial charge < -0.3 is 10.1 Å². The number of aromatic nitrogens is 1. The number of hydrogen-bond donors (Lipinski definition) is 1. The van der Waals surface area contributed by atoms with Gasteiger partial charge in [-0.1, -0.05) is 17.4 Å². The first-order valence-electron chi connectivity index (χ1n) is 8.33. The predicted octanol–water partition coefficient (Wildman–Crippen LogP) is 3.72. The van der Waals surface area contributed by atoms with Gasteiger partial charge in [-0.05, 0) is 55.3 Å². The SMILES string of the molecule is COc1ccc(S(=O)(=O)CCC(=O)Nc2nc3c(C)c(C)ccc3s2)cc1. The predicted molar refractivity (Wildman–Crippen MR) is 107 cm³/mol. The lowest BCUT2D eigenvalue weighted by atomic mass is 10.1. The Kier molecular flexibility index (Phi) is 5.48. The highest BCUT2D eigenvalue weighted by Gasteiger charge is 2.17. The molecule has 0 bridgehead atoms. The zero-order valence-electron chi connectivity index (χ0n) is 15.3. The molecule has 3 aromatic rings. The maximum absolute atomic E-state index is 12.4. The average molecular weight is 405 g/mol. The summed E-state index contributed by atoms with van der Waals surface area (Å²) in [4.78, 5) is 16.8. The number of carbonyl (C=O) groups excluding carboxylic acids is 1. The third kappa shape index (κ3) is 4.28. The summed E-state index contributed by atoms with van der Waals surface area (Å²) in [6.45, 7) is 4.00. The molecular formula is C19H20N2O4S2. The normalized spacial score (nSPS) is 11.5. The van der Waals surface area contributed by atoms with E-state index in [0.29, 0.717) is 10.9 Å². The molecule has 0 aliphatic rings. The Morgan fingerprint density at radius 2 is 1.85 bits per heavy atom. The fourth-order valence-corrected chi connectivity index (χ4v) is 4.77. The van der Waals surface area contributed by atoms with Crippen molar-refractivity contribution in [2.24, 2.45) is 0 Å². The molecule has 0 atom stereocenters. The lowest BCUT2D eigenvalue weighted by Crippen LogP contribution is -2.17.